The Morgan fingerprint density at radius 3 is 2.45 bits per heavy atom. The van der Waals surface area contributed by atoms with Crippen LogP contribution in [0.2, 0.25) is 5.02 Å². The van der Waals surface area contributed by atoms with Gasteiger partial charge in [0, 0.05) is 0 Å². The number of alkyl halides is 3. The van der Waals surface area contributed by atoms with Crippen LogP contribution in [-0.2, 0) is 21.0 Å². The van der Waals surface area contributed by atoms with E-state index in [1.165, 1.54) is 5.48 Å². The number of halogens is 4. The minimum Gasteiger partial charge on any atom is -0.289 e. The van der Waals surface area contributed by atoms with Gasteiger partial charge in [-0.3, -0.25) is 10.0 Å². The number of carbonyl (C=O) groups is 1. The summed E-state index contributed by atoms with van der Waals surface area (Å²) < 4.78 is 62.8. The molecule has 1 amide bonds. The van der Waals surface area contributed by atoms with Crippen molar-refractivity contribution in [1.82, 2.24) is 10.2 Å². The first-order valence-electron chi connectivity index (χ1n) is 4.87. The minimum absolute atomic E-state index is 0.349. The first kappa shape index (κ1) is 16.7. The Morgan fingerprint density at radius 1 is 1.35 bits per heavy atom. The molecule has 1 aromatic carbocycles. The zero-order chi connectivity index (χ0) is 15.6. The predicted molar refractivity (Wildman–Crippen MR) is 61.6 cm³/mol. The lowest BCUT2D eigenvalue weighted by Crippen LogP contribution is -2.35. The monoisotopic (exact) mass is 332 g/mol. The third kappa shape index (κ3) is 4.07. The van der Waals surface area contributed by atoms with Gasteiger partial charge in [0.25, 0.3) is 5.91 Å². The van der Waals surface area contributed by atoms with Crippen LogP contribution in [0.4, 0.5) is 13.2 Å². The Kier molecular flexibility index (Phi) is 4.97. The fourth-order valence-corrected chi connectivity index (χ4v) is 2.40. The Morgan fingerprint density at radius 2 is 1.95 bits per heavy atom. The molecule has 0 aliphatic carbocycles. The van der Waals surface area contributed by atoms with E-state index >= 15 is 0 Å². The molecule has 0 spiro atoms. The van der Waals surface area contributed by atoms with Gasteiger partial charge in [0.05, 0.1) is 22.0 Å². The summed E-state index contributed by atoms with van der Waals surface area (Å²) in [7, 11) is -4.35. The topological polar surface area (TPSA) is 95.5 Å². The molecule has 0 radical (unpaired) electrons. The van der Waals surface area contributed by atoms with E-state index in [0.29, 0.717) is 6.07 Å². The summed E-state index contributed by atoms with van der Waals surface area (Å²) in [5.41, 5.74) is -0.145. The molecular weight excluding hydrogens is 325 g/mol. The molecule has 20 heavy (non-hydrogen) atoms. The van der Waals surface area contributed by atoms with Crippen molar-refractivity contribution in [3.8, 4) is 0 Å². The van der Waals surface area contributed by atoms with E-state index in [-0.39, 0.29) is 0 Å². The molecule has 11 heteroatoms. The fraction of sp³-hybridized carbons (Fsp3) is 0.222. The molecule has 6 nitrogen and oxygen atoms in total. The van der Waals surface area contributed by atoms with Gasteiger partial charge in [-0.2, -0.15) is 13.2 Å². The van der Waals surface area contributed by atoms with Crippen LogP contribution in [0.1, 0.15) is 5.56 Å². The highest BCUT2D eigenvalue weighted by molar-refractivity contribution is 7.89. The highest BCUT2D eigenvalue weighted by atomic mass is 35.5. The summed E-state index contributed by atoms with van der Waals surface area (Å²) in [5.74, 6) is -1.07. The van der Waals surface area contributed by atoms with Crippen molar-refractivity contribution in [2.75, 3.05) is 6.54 Å². The largest absolute Gasteiger partial charge is 0.417 e. The highest BCUT2D eigenvalue weighted by Gasteiger charge is 2.34. The molecule has 0 saturated heterocycles. The SMILES string of the molecule is O=C(CNS(=O)(=O)c1ccc(Cl)c(C(F)(F)F)c1)NO. The van der Waals surface area contributed by atoms with Crippen LogP contribution in [0.3, 0.4) is 0 Å². The maximum absolute atomic E-state index is 12.6. The molecule has 0 aliphatic rings. The molecule has 0 unspecified atom stereocenters. The van der Waals surface area contributed by atoms with Gasteiger partial charge < -0.3 is 0 Å². The van der Waals surface area contributed by atoms with Gasteiger partial charge in [0.15, 0.2) is 0 Å². The van der Waals surface area contributed by atoms with E-state index in [1.807, 2.05) is 0 Å². The quantitative estimate of drug-likeness (QED) is 0.569. The molecule has 1 aromatic rings. The second-order valence-corrected chi connectivity index (χ2v) is 5.67. The van der Waals surface area contributed by atoms with Gasteiger partial charge in [0.2, 0.25) is 10.0 Å². The van der Waals surface area contributed by atoms with E-state index in [0.717, 1.165) is 12.1 Å². The van der Waals surface area contributed by atoms with Gasteiger partial charge in [-0.25, -0.2) is 18.6 Å². The van der Waals surface area contributed by atoms with Crippen LogP contribution in [0.5, 0.6) is 0 Å². The smallest absolute Gasteiger partial charge is 0.289 e. The third-order valence-corrected chi connectivity index (χ3v) is 3.83. The van der Waals surface area contributed by atoms with Gasteiger partial charge >= 0.3 is 6.18 Å². The standard InChI is InChI=1S/C9H8ClF3N2O4S/c10-7-2-1-5(3-6(7)9(11,12)13)20(18,19)14-4-8(16)15-17/h1-3,14,17H,4H2,(H,15,16). The van der Waals surface area contributed by atoms with E-state index in [1.54, 1.807) is 4.72 Å². The molecule has 112 valence electrons. The summed E-state index contributed by atoms with van der Waals surface area (Å²) in [6, 6.07) is 1.99. The first-order valence-corrected chi connectivity index (χ1v) is 6.73. The molecule has 0 aromatic heterocycles. The predicted octanol–water partition coefficient (Wildman–Crippen LogP) is 1.14. The normalized spacial score (nSPS) is 12.2. The number of sulfonamides is 1. The second-order valence-electron chi connectivity index (χ2n) is 3.50. The number of hydroxylamine groups is 1. The highest BCUT2D eigenvalue weighted by Crippen LogP contribution is 2.35. The summed E-state index contributed by atoms with van der Waals surface area (Å²) in [6.07, 6.45) is -4.81. The summed E-state index contributed by atoms with van der Waals surface area (Å²) in [6.45, 7) is -0.831. The Hall–Kier alpha value is -1.36. The maximum Gasteiger partial charge on any atom is 0.417 e. The van der Waals surface area contributed by atoms with Crippen molar-refractivity contribution < 1.29 is 31.6 Å². The molecule has 0 heterocycles. The van der Waals surface area contributed by atoms with E-state index in [4.69, 9.17) is 16.8 Å². The average molecular weight is 333 g/mol. The Balaban J connectivity index is 3.11. The maximum atomic E-state index is 12.6. The van der Waals surface area contributed by atoms with Crippen LogP contribution in [0.25, 0.3) is 0 Å². The molecule has 0 aliphatic heterocycles. The lowest BCUT2D eigenvalue weighted by molar-refractivity contribution is -0.137. The number of benzene rings is 1. The Labute approximate surface area is 116 Å². The summed E-state index contributed by atoms with van der Waals surface area (Å²) in [4.78, 5) is 9.97. The molecule has 0 bridgehead atoms. The number of rotatable bonds is 4. The van der Waals surface area contributed by atoms with Crippen LogP contribution in [0.15, 0.2) is 23.1 Å². The zero-order valence-corrected chi connectivity index (χ0v) is 11.1. The van der Waals surface area contributed by atoms with E-state index in [9.17, 15) is 26.4 Å². The first-order chi connectivity index (χ1) is 9.08. The second kappa shape index (κ2) is 5.95. The number of nitrogens with one attached hydrogen (secondary N) is 2. The summed E-state index contributed by atoms with van der Waals surface area (Å²) >= 11 is 5.35. The Bertz CT molecular complexity index is 618. The number of amides is 1. The van der Waals surface area contributed by atoms with Gasteiger partial charge in [-0.15, -0.1) is 0 Å². The van der Waals surface area contributed by atoms with Crippen LogP contribution in [0, 0.1) is 0 Å². The van der Waals surface area contributed by atoms with Crippen molar-refractivity contribution >= 4 is 27.5 Å². The summed E-state index contributed by atoms with van der Waals surface area (Å²) in [5, 5.41) is 7.54. The van der Waals surface area contributed by atoms with Gasteiger partial charge in [-0.05, 0) is 18.2 Å². The molecular formula is C9H8ClF3N2O4S. The van der Waals surface area contributed by atoms with Crippen LogP contribution >= 0.6 is 11.6 Å². The number of carbonyl (C=O) groups excluding carboxylic acids is 1. The molecule has 0 saturated carbocycles. The fourth-order valence-electron chi connectivity index (χ4n) is 1.17. The number of hydrogen-bond donors (Lipinski definition) is 3. The molecule has 0 fully saturated rings. The third-order valence-electron chi connectivity index (χ3n) is 2.10. The average Bonchev–Trinajstić information content (AvgIpc) is 2.34. The van der Waals surface area contributed by atoms with Crippen molar-refractivity contribution in [3.05, 3.63) is 28.8 Å². The van der Waals surface area contributed by atoms with Crippen molar-refractivity contribution in [2.45, 2.75) is 11.1 Å². The lowest BCUT2D eigenvalue weighted by Gasteiger charge is -2.11. The van der Waals surface area contributed by atoms with Crippen molar-refractivity contribution in [1.29, 1.82) is 0 Å². The molecule has 3 N–H and O–H groups in total. The van der Waals surface area contributed by atoms with Crippen molar-refractivity contribution in [3.63, 3.8) is 0 Å². The van der Waals surface area contributed by atoms with Gasteiger partial charge in [-0.1, -0.05) is 11.6 Å². The lowest BCUT2D eigenvalue weighted by atomic mass is 10.2. The number of hydrogen-bond acceptors (Lipinski definition) is 4. The van der Waals surface area contributed by atoms with Crippen molar-refractivity contribution in [2.24, 2.45) is 0 Å². The minimum atomic E-state index is -4.81. The van der Waals surface area contributed by atoms with Gasteiger partial charge in [0.1, 0.15) is 0 Å². The van der Waals surface area contributed by atoms with E-state index < -0.39 is 44.1 Å². The molecule has 1 rings (SSSR count). The zero-order valence-electron chi connectivity index (χ0n) is 9.53. The van der Waals surface area contributed by atoms with Crippen LogP contribution in [-0.4, -0.2) is 26.1 Å². The molecule has 0 atom stereocenters. The van der Waals surface area contributed by atoms with Crippen LogP contribution < -0.4 is 10.2 Å². The van der Waals surface area contributed by atoms with E-state index in [2.05, 4.69) is 0 Å².